The van der Waals surface area contributed by atoms with Crippen molar-refractivity contribution in [2.75, 3.05) is 51.8 Å². The molecule has 0 spiro atoms. The number of rotatable bonds is 7. The molecule has 1 atom stereocenters. The monoisotopic (exact) mass is 392 g/mol. The fourth-order valence-electron chi connectivity index (χ4n) is 3.48. The summed E-state index contributed by atoms with van der Waals surface area (Å²) >= 11 is 0. The van der Waals surface area contributed by atoms with Gasteiger partial charge in [-0.1, -0.05) is 30.3 Å². The molecule has 29 heavy (non-hydrogen) atoms. The minimum atomic E-state index is -0.287. The molecule has 6 heteroatoms. The van der Waals surface area contributed by atoms with Crippen molar-refractivity contribution in [3.8, 4) is 11.8 Å². The summed E-state index contributed by atoms with van der Waals surface area (Å²) in [7, 11) is 4.00. The predicted octanol–water partition coefficient (Wildman–Crippen LogP) is 2.93. The molecule has 0 N–H and O–H groups in total. The number of hydrogen-bond donors (Lipinski definition) is 0. The van der Waals surface area contributed by atoms with Crippen molar-refractivity contribution >= 4 is 11.6 Å². The lowest BCUT2D eigenvalue weighted by Gasteiger charge is -2.37. The SMILES string of the molecule is CN(C)c1ccc(C(C#N)N2CCN(C(=O)CCOc3ccccc3)CC2)cc1. The molecule has 0 saturated carbocycles. The molecule has 6 nitrogen and oxygen atoms in total. The summed E-state index contributed by atoms with van der Waals surface area (Å²) in [6.07, 6.45) is 0.364. The van der Waals surface area contributed by atoms with Gasteiger partial charge in [0.2, 0.25) is 5.91 Å². The second-order valence-corrected chi connectivity index (χ2v) is 7.35. The van der Waals surface area contributed by atoms with Crippen LogP contribution in [0.5, 0.6) is 5.75 Å². The van der Waals surface area contributed by atoms with E-state index in [0.717, 1.165) is 17.0 Å². The quantitative estimate of drug-likeness (QED) is 0.725. The zero-order valence-electron chi connectivity index (χ0n) is 17.1. The number of carbonyl (C=O) groups is 1. The maximum Gasteiger partial charge on any atom is 0.226 e. The summed E-state index contributed by atoms with van der Waals surface area (Å²) < 4.78 is 5.62. The Labute approximate surface area is 172 Å². The molecule has 152 valence electrons. The highest BCUT2D eigenvalue weighted by atomic mass is 16.5. The molecule has 1 unspecified atom stereocenters. The van der Waals surface area contributed by atoms with E-state index >= 15 is 0 Å². The Morgan fingerprint density at radius 3 is 2.31 bits per heavy atom. The summed E-state index contributed by atoms with van der Waals surface area (Å²) in [5, 5.41) is 9.71. The van der Waals surface area contributed by atoms with Crippen LogP contribution in [0.3, 0.4) is 0 Å². The van der Waals surface area contributed by atoms with Crippen LogP contribution in [0.25, 0.3) is 0 Å². The Kier molecular flexibility index (Phi) is 7.09. The second-order valence-electron chi connectivity index (χ2n) is 7.35. The van der Waals surface area contributed by atoms with Gasteiger partial charge in [-0.05, 0) is 29.8 Å². The normalized spacial score (nSPS) is 15.4. The Hall–Kier alpha value is -3.04. The third kappa shape index (κ3) is 5.49. The molecule has 0 bridgehead atoms. The van der Waals surface area contributed by atoms with Crippen molar-refractivity contribution in [1.82, 2.24) is 9.80 Å². The molecule has 1 amide bonds. The van der Waals surface area contributed by atoms with Crippen molar-refractivity contribution < 1.29 is 9.53 Å². The van der Waals surface area contributed by atoms with Gasteiger partial charge in [0.05, 0.1) is 19.1 Å². The molecule has 0 aromatic heterocycles. The van der Waals surface area contributed by atoms with Gasteiger partial charge in [-0.25, -0.2) is 0 Å². The first kappa shape index (κ1) is 20.7. The molecule has 2 aromatic carbocycles. The van der Waals surface area contributed by atoms with Gasteiger partial charge in [0.15, 0.2) is 0 Å². The lowest BCUT2D eigenvalue weighted by molar-refractivity contribution is -0.133. The van der Waals surface area contributed by atoms with Crippen LogP contribution in [-0.4, -0.2) is 62.6 Å². The molecular formula is C23H28N4O2. The van der Waals surface area contributed by atoms with Gasteiger partial charge >= 0.3 is 0 Å². The Morgan fingerprint density at radius 1 is 1.07 bits per heavy atom. The number of carbonyl (C=O) groups excluding carboxylic acids is 1. The smallest absolute Gasteiger partial charge is 0.226 e. The van der Waals surface area contributed by atoms with Crippen LogP contribution >= 0.6 is 0 Å². The van der Waals surface area contributed by atoms with E-state index in [-0.39, 0.29) is 11.9 Å². The number of hydrogen-bond acceptors (Lipinski definition) is 5. The molecular weight excluding hydrogens is 364 g/mol. The van der Waals surface area contributed by atoms with Gasteiger partial charge in [-0.2, -0.15) is 5.26 Å². The zero-order chi connectivity index (χ0) is 20.6. The van der Waals surface area contributed by atoms with E-state index in [1.165, 1.54) is 0 Å². The fraction of sp³-hybridized carbons (Fsp3) is 0.391. The van der Waals surface area contributed by atoms with Gasteiger partial charge in [-0.3, -0.25) is 9.69 Å². The first-order valence-electron chi connectivity index (χ1n) is 9.95. The number of benzene rings is 2. The van der Waals surface area contributed by atoms with E-state index < -0.39 is 0 Å². The lowest BCUT2D eigenvalue weighted by Crippen LogP contribution is -2.49. The summed E-state index contributed by atoms with van der Waals surface area (Å²) in [6.45, 7) is 3.04. The summed E-state index contributed by atoms with van der Waals surface area (Å²) in [6, 6.07) is 19.8. The van der Waals surface area contributed by atoms with E-state index in [2.05, 4.69) is 11.0 Å². The van der Waals surface area contributed by atoms with Crippen molar-refractivity contribution in [1.29, 1.82) is 5.26 Å². The largest absolute Gasteiger partial charge is 0.493 e. The standard InChI is InChI=1S/C23H28N4O2/c1-25(2)20-10-8-19(9-11-20)22(18-24)26-13-15-27(16-14-26)23(28)12-17-29-21-6-4-3-5-7-21/h3-11,22H,12-17H2,1-2H3. The first-order valence-corrected chi connectivity index (χ1v) is 9.95. The maximum absolute atomic E-state index is 12.5. The van der Waals surface area contributed by atoms with E-state index in [1.807, 2.05) is 78.5 Å². The van der Waals surface area contributed by atoms with Crippen LogP contribution in [0.4, 0.5) is 5.69 Å². The molecule has 0 radical (unpaired) electrons. The number of nitrogens with zero attached hydrogens (tertiary/aromatic N) is 4. The maximum atomic E-state index is 12.5. The van der Waals surface area contributed by atoms with E-state index in [1.54, 1.807) is 0 Å². The summed E-state index contributed by atoms with van der Waals surface area (Å²) in [4.78, 5) is 18.5. The van der Waals surface area contributed by atoms with E-state index in [4.69, 9.17) is 4.74 Å². The number of piperazine rings is 1. The fourth-order valence-corrected chi connectivity index (χ4v) is 3.48. The van der Waals surface area contributed by atoms with Crippen LogP contribution in [0, 0.1) is 11.3 Å². The highest BCUT2D eigenvalue weighted by Gasteiger charge is 2.27. The molecule has 1 fully saturated rings. The lowest BCUT2D eigenvalue weighted by atomic mass is 10.0. The minimum Gasteiger partial charge on any atom is -0.493 e. The Balaban J connectivity index is 1.48. The van der Waals surface area contributed by atoms with Crippen LogP contribution in [0.2, 0.25) is 0 Å². The van der Waals surface area contributed by atoms with Gasteiger partial charge in [-0.15, -0.1) is 0 Å². The van der Waals surface area contributed by atoms with Crippen molar-refractivity contribution in [3.63, 3.8) is 0 Å². The van der Waals surface area contributed by atoms with Crippen molar-refractivity contribution in [2.24, 2.45) is 0 Å². The van der Waals surface area contributed by atoms with Gasteiger partial charge in [0, 0.05) is 46.0 Å². The molecule has 0 aliphatic carbocycles. The van der Waals surface area contributed by atoms with Crippen molar-refractivity contribution in [3.05, 3.63) is 60.2 Å². The molecule has 1 saturated heterocycles. The molecule has 2 aromatic rings. The van der Waals surface area contributed by atoms with Crippen LogP contribution in [0.15, 0.2) is 54.6 Å². The molecule has 1 heterocycles. The van der Waals surface area contributed by atoms with Crippen LogP contribution in [0.1, 0.15) is 18.0 Å². The van der Waals surface area contributed by atoms with E-state index in [9.17, 15) is 10.1 Å². The van der Waals surface area contributed by atoms with E-state index in [0.29, 0.717) is 39.2 Å². The average Bonchev–Trinajstić information content (AvgIpc) is 2.76. The summed E-state index contributed by atoms with van der Waals surface area (Å²) in [5.74, 6) is 0.881. The summed E-state index contributed by atoms with van der Waals surface area (Å²) in [5.41, 5.74) is 2.10. The number of para-hydroxylation sites is 1. The number of amides is 1. The van der Waals surface area contributed by atoms with Crippen molar-refractivity contribution in [2.45, 2.75) is 12.5 Å². The third-order valence-corrected chi connectivity index (χ3v) is 5.21. The van der Waals surface area contributed by atoms with Crippen LogP contribution in [-0.2, 0) is 4.79 Å². The number of nitriles is 1. The van der Waals surface area contributed by atoms with Crippen LogP contribution < -0.4 is 9.64 Å². The topological polar surface area (TPSA) is 59.8 Å². The zero-order valence-corrected chi connectivity index (χ0v) is 17.1. The van der Waals surface area contributed by atoms with Gasteiger partial charge in [0.1, 0.15) is 11.8 Å². The number of anilines is 1. The second kappa shape index (κ2) is 9.94. The predicted molar refractivity (Wildman–Crippen MR) is 114 cm³/mol. The van der Waals surface area contributed by atoms with Gasteiger partial charge < -0.3 is 14.5 Å². The molecule has 1 aliphatic heterocycles. The Bertz CT molecular complexity index is 822. The van der Waals surface area contributed by atoms with Gasteiger partial charge in [0.25, 0.3) is 0 Å². The third-order valence-electron chi connectivity index (χ3n) is 5.21. The molecule has 3 rings (SSSR count). The Morgan fingerprint density at radius 2 is 1.72 bits per heavy atom. The highest BCUT2D eigenvalue weighted by molar-refractivity contribution is 5.76. The highest BCUT2D eigenvalue weighted by Crippen LogP contribution is 2.24. The average molecular weight is 393 g/mol. The molecule has 1 aliphatic rings. The number of ether oxygens (including phenoxy) is 1. The minimum absolute atomic E-state index is 0.101. The first-order chi connectivity index (χ1) is 14.1.